The van der Waals surface area contributed by atoms with E-state index >= 15 is 0 Å². The van der Waals surface area contributed by atoms with Crippen molar-refractivity contribution < 1.29 is 4.74 Å². The van der Waals surface area contributed by atoms with Crippen LogP contribution in [-0.4, -0.2) is 29.6 Å². The molecule has 0 amide bonds. The van der Waals surface area contributed by atoms with Crippen LogP contribution in [0.1, 0.15) is 24.1 Å². The van der Waals surface area contributed by atoms with Crippen molar-refractivity contribution in [3.05, 3.63) is 17.5 Å². The van der Waals surface area contributed by atoms with E-state index in [9.17, 15) is 0 Å². The summed E-state index contributed by atoms with van der Waals surface area (Å²) in [7, 11) is 0. The molecule has 17 heavy (non-hydrogen) atoms. The number of piperidine rings is 1. The summed E-state index contributed by atoms with van der Waals surface area (Å²) in [6.45, 7) is 4.48. The highest BCUT2D eigenvalue weighted by Crippen LogP contribution is 2.18. The third kappa shape index (κ3) is 2.56. The van der Waals surface area contributed by atoms with Crippen LogP contribution in [0, 0.1) is 5.92 Å². The molecule has 92 valence electrons. The average molecular weight is 234 g/mol. The van der Waals surface area contributed by atoms with E-state index in [4.69, 9.17) is 4.74 Å². The van der Waals surface area contributed by atoms with Crippen LogP contribution >= 0.6 is 0 Å². The normalized spacial score (nSPS) is 23.4. The molecule has 0 radical (unpaired) electrons. The standard InChI is InChI=1S/C12H18N4O/c1-2-9(4-13-3-1)5-14-12-15-6-10-7-17-8-11(10)16-12/h6,9,13H,1-5,7-8H2,(H,14,15,16). The third-order valence-electron chi connectivity index (χ3n) is 3.40. The smallest absolute Gasteiger partial charge is 0.222 e. The van der Waals surface area contributed by atoms with E-state index in [1.165, 1.54) is 12.8 Å². The Bertz CT molecular complexity index is 390. The van der Waals surface area contributed by atoms with Gasteiger partial charge in [-0.3, -0.25) is 0 Å². The highest BCUT2D eigenvalue weighted by atomic mass is 16.5. The molecule has 1 atom stereocenters. The fourth-order valence-electron chi connectivity index (χ4n) is 2.36. The molecule has 1 unspecified atom stereocenters. The Hall–Kier alpha value is -1.20. The molecule has 1 fully saturated rings. The van der Waals surface area contributed by atoms with Crippen molar-refractivity contribution >= 4 is 5.95 Å². The number of rotatable bonds is 3. The molecule has 5 heteroatoms. The van der Waals surface area contributed by atoms with Gasteiger partial charge in [-0.15, -0.1) is 0 Å². The molecule has 1 aromatic heterocycles. The highest BCUT2D eigenvalue weighted by molar-refractivity contribution is 5.30. The van der Waals surface area contributed by atoms with Gasteiger partial charge in [-0.25, -0.2) is 9.97 Å². The molecule has 2 aliphatic heterocycles. The fraction of sp³-hybridized carbons (Fsp3) is 0.667. The minimum atomic E-state index is 0.623. The second-order valence-electron chi connectivity index (χ2n) is 4.75. The maximum Gasteiger partial charge on any atom is 0.222 e. The van der Waals surface area contributed by atoms with Gasteiger partial charge in [-0.1, -0.05) is 0 Å². The number of hydrogen-bond acceptors (Lipinski definition) is 5. The molecule has 2 N–H and O–H groups in total. The lowest BCUT2D eigenvalue weighted by Crippen LogP contribution is -2.33. The lowest BCUT2D eigenvalue weighted by atomic mass is 10.00. The maximum absolute atomic E-state index is 5.32. The first-order valence-corrected chi connectivity index (χ1v) is 6.29. The van der Waals surface area contributed by atoms with E-state index in [1.807, 2.05) is 6.20 Å². The van der Waals surface area contributed by atoms with Crippen LogP contribution in [0.3, 0.4) is 0 Å². The lowest BCUT2D eigenvalue weighted by molar-refractivity contribution is 0.133. The van der Waals surface area contributed by atoms with Gasteiger partial charge in [0.2, 0.25) is 5.95 Å². The molecule has 2 aliphatic rings. The minimum Gasteiger partial charge on any atom is -0.370 e. The maximum atomic E-state index is 5.32. The molecule has 0 bridgehead atoms. The molecule has 0 saturated carbocycles. The van der Waals surface area contributed by atoms with Gasteiger partial charge in [0.1, 0.15) is 0 Å². The highest BCUT2D eigenvalue weighted by Gasteiger charge is 2.15. The Labute approximate surface area is 101 Å². The van der Waals surface area contributed by atoms with Crippen molar-refractivity contribution in [1.29, 1.82) is 0 Å². The number of nitrogens with one attached hydrogen (secondary N) is 2. The van der Waals surface area contributed by atoms with E-state index in [1.54, 1.807) is 0 Å². The second-order valence-corrected chi connectivity index (χ2v) is 4.75. The zero-order chi connectivity index (χ0) is 11.5. The van der Waals surface area contributed by atoms with Crippen molar-refractivity contribution in [1.82, 2.24) is 15.3 Å². The van der Waals surface area contributed by atoms with E-state index in [-0.39, 0.29) is 0 Å². The number of ether oxygens (including phenoxy) is 1. The summed E-state index contributed by atoms with van der Waals surface area (Å²) in [6.07, 6.45) is 4.43. The van der Waals surface area contributed by atoms with Gasteiger partial charge in [0, 0.05) is 18.3 Å². The molecule has 1 saturated heterocycles. The summed E-state index contributed by atoms with van der Waals surface area (Å²) in [5.41, 5.74) is 2.15. The van der Waals surface area contributed by atoms with E-state index in [2.05, 4.69) is 20.6 Å². The molecule has 0 spiro atoms. The number of anilines is 1. The average Bonchev–Trinajstić information content (AvgIpc) is 2.85. The van der Waals surface area contributed by atoms with Crippen molar-refractivity contribution in [3.8, 4) is 0 Å². The van der Waals surface area contributed by atoms with Gasteiger partial charge in [0.05, 0.1) is 18.9 Å². The zero-order valence-electron chi connectivity index (χ0n) is 9.91. The number of aromatic nitrogens is 2. The van der Waals surface area contributed by atoms with Crippen LogP contribution in [0.15, 0.2) is 6.20 Å². The summed E-state index contributed by atoms with van der Waals surface area (Å²) >= 11 is 0. The van der Waals surface area contributed by atoms with Crippen LogP contribution in [0.25, 0.3) is 0 Å². The first-order valence-electron chi connectivity index (χ1n) is 6.29. The molecule has 5 nitrogen and oxygen atoms in total. The predicted molar refractivity (Wildman–Crippen MR) is 64.6 cm³/mol. The second kappa shape index (κ2) is 4.98. The van der Waals surface area contributed by atoms with E-state index in [0.717, 1.165) is 36.8 Å². The quantitative estimate of drug-likeness (QED) is 0.814. The summed E-state index contributed by atoms with van der Waals surface area (Å²) in [5.74, 6) is 1.43. The van der Waals surface area contributed by atoms with Crippen LogP contribution in [0.5, 0.6) is 0 Å². The largest absolute Gasteiger partial charge is 0.370 e. The zero-order valence-corrected chi connectivity index (χ0v) is 9.91. The van der Waals surface area contributed by atoms with E-state index < -0.39 is 0 Å². The van der Waals surface area contributed by atoms with Crippen LogP contribution < -0.4 is 10.6 Å². The minimum absolute atomic E-state index is 0.623. The first-order chi connectivity index (χ1) is 8.42. The monoisotopic (exact) mass is 234 g/mol. The Kier molecular flexibility index (Phi) is 3.20. The summed E-state index contributed by atoms with van der Waals surface area (Å²) in [5, 5.41) is 6.74. The topological polar surface area (TPSA) is 59.1 Å². The third-order valence-corrected chi connectivity index (χ3v) is 3.40. The molecule has 1 aromatic rings. The van der Waals surface area contributed by atoms with Crippen molar-refractivity contribution in [2.45, 2.75) is 26.1 Å². The van der Waals surface area contributed by atoms with Crippen LogP contribution in [0.4, 0.5) is 5.95 Å². The molecular formula is C12H18N4O. The number of hydrogen-bond donors (Lipinski definition) is 2. The SMILES string of the molecule is c1nc(NCC2CCCNC2)nc2c1COC2. The number of nitrogens with zero attached hydrogens (tertiary/aromatic N) is 2. The fourth-order valence-corrected chi connectivity index (χ4v) is 2.36. The van der Waals surface area contributed by atoms with Crippen molar-refractivity contribution in [3.63, 3.8) is 0 Å². The molecule has 3 heterocycles. The van der Waals surface area contributed by atoms with Gasteiger partial charge >= 0.3 is 0 Å². The van der Waals surface area contributed by atoms with Crippen molar-refractivity contribution in [2.75, 3.05) is 25.0 Å². The predicted octanol–water partition coefficient (Wildman–Crippen LogP) is 0.918. The van der Waals surface area contributed by atoms with Gasteiger partial charge in [-0.2, -0.15) is 0 Å². The van der Waals surface area contributed by atoms with E-state index in [0.29, 0.717) is 19.1 Å². The van der Waals surface area contributed by atoms with Crippen LogP contribution in [-0.2, 0) is 18.0 Å². The lowest BCUT2D eigenvalue weighted by Gasteiger charge is -2.22. The summed E-state index contributed by atoms with van der Waals surface area (Å²) in [6, 6.07) is 0. The molecule has 3 rings (SSSR count). The first kappa shape index (κ1) is 10.9. The Morgan fingerprint density at radius 1 is 1.47 bits per heavy atom. The Balaban J connectivity index is 1.57. The number of fused-ring (bicyclic) bond motifs is 1. The van der Waals surface area contributed by atoms with Crippen molar-refractivity contribution in [2.24, 2.45) is 5.92 Å². The molecule has 0 aliphatic carbocycles. The Morgan fingerprint density at radius 2 is 2.47 bits per heavy atom. The molecular weight excluding hydrogens is 216 g/mol. The van der Waals surface area contributed by atoms with Gasteiger partial charge in [0.25, 0.3) is 0 Å². The summed E-state index contributed by atoms with van der Waals surface area (Å²) < 4.78 is 5.32. The Morgan fingerprint density at radius 3 is 3.35 bits per heavy atom. The summed E-state index contributed by atoms with van der Waals surface area (Å²) in [4.78, 5) is 8.78. The van der Waals surface area contributed by atoms with Gasteiger partial charge < -0.3 is 15.4 Å². The van der Waals surface area contributed by atoms with Gasteiger partial charge in [0.15, 0.2) is 0 Å². The van der Waals surface area contributed by atoms with Gasteiger partial charge in [-0.05, 0) is 31.8 Å². The molecule has 0 aromatic carbocycles. The van der Waals surface area contributed by atoms with Crippen LogP contribution in [0.2, 0.25) is 0 Å².